The van der Waals surface area contributed by atoms with E-state index in [1.165, 1.54) is 19.3 Å². The standard InChI is InChI=1S/C18H23ClN4O/c1-13(2)24-15-8-6-14(7-9-15)20-18-21-16(19)12-17(22-18)23-10-4-3-5-11-23/h6-9,12-13H,3-5,10-11H2,1-2H3,(H,20,21,22). The molecule has 1 N–H and O–H groups in total. The predicted molar refractivity (Wildman–Crippen MR) is 98.6 cm³/mol. The van der Waals surface area contributed by atoms with Gasteiger partial charge in [0, 0.05) is 24.8 Å². The molecule has 1 fully saturated rings. The van der Waals surface area contributed by atoms with Gasteiger partial charge in [0.25, 0.3) is 0 Å². The Morgan fingerprint density at radius 3 is 2.46 bits per heavy atom. The summed E-state index contributed by atoms with van der Waals surface area (Å²) >= 11 is 6.18. The number of aromatic nitrogens is 2. The smallest absolute Gasteiger partial charge is 0.230 e. The van der Waals surface area contributed by atoms with Gasteiger partial charge in [0.2, 0.25) is 5.95 Å². The number of nitrogens with zero attached hydrogens (tertiary/aromatic N) is 3. The van der Waals surface area contributed by atoms with Crippen molar-refractivity contribution >= 4 is 29.1 Å². The van der Waals surface area contributed by atoms with Crippen LogP contribution in [0.15, 0.2) is 30.3 Å². The Morgan fingerprint density at radius 1 is 1.08 bits per heavy atom. The molecule has 0 aliphatic carbocycles. The maximum absolute atomic E-state index is 6.18. The molecule has 0 saturated carbocycles. The van der Waals surface area contributed by atoms with Crippen LogP contribution in [0, 0.1) is 0 Å². The van der Waals surface area contributed by atoms with E-state index in [1.807, 2.05) is 44.2 Å². The number of halogens is 1. The van der Waals surface area contributed by atoms with Gasteiger partial charge in [0.05, 0.1) is 6.10 Å². The highest BCUT2D eigenvalue weighted by Gasteiger charge is 2.14. The number of hydrogen-bond donors (Lipinski definition) is 1. The van der Waals surface area contributed by atoms with Gasteiger partial charge in [0.15, 0.2) is 0 Å². The average molecular weight is 347 g/mol. The Hall–Kier alpha value is -2.01. The van der Waals surface area contributed by atoms with Crippen molar-refractivity contribution in [2.45, 2.75) is 39.2 Å². The van der Waals surface area contributed by atoms with Crippen molar-refractivity contribution in [3.63, 3.8) is 0 Å². The largest absolute Gasteiger partial charge is 0.491 e. The summed E-state index contributed by atoms with van der Waals surface area (Å²) in [7, 11) is 0. The van der Waals surface area contributed by atoms with Gasteiger partial charge in [-0.15, -0.1) is 0 Å². The van der Waals surface area contributed by atoms with Crippen LogP contribution < -0.4 is 15.0 Å². The number of anilines is 3. The number of ether oxygens (including phenoxy) is 1. The first-order valence-corrected chi connectivity index (χ1v) is 8.81. The average Bonchev–Trinajstić information content (AvgIpc) is 2.56. The third kappa shape index (κ3) is 4.51. The quantitative estimate of drug-likeness (QED) is 0.798. The van der Waals surface area contributed by atoms with Crippen LogP contribution in [0.3, 0.4) is 0 Å². The summed E-state index contributed by atoms with van der Waals surface area (Å²) in [5.41, 5.74) is 0.901. The molecule has 0 unspecified atom stereocenters. The van der Waals surface area contributed by atoms with E-state index in [2.05, 4.69) is 20.2 Å². The third-order valence-electron chi connectivity index (χ3n) is 3.84. The minimum atomic E-state index is 0.159. The Labute approximate surface area is 148 Å². The van der Waals surface area contributed by atoms with Gasteiger partial charge in [-0.05, 0) is 57.4 Å². The molecule has 1 aromatic carbocycles. The SMILES string of the molecule is CC(C)Oc1ccc(Nc2nc(Cl)cc(N3CCCCC3)n2)cc1. The Morgan fingerprint density at radius 2 is 1.79 bits per heavy atom. The van der Waals surface area contributed by atoms with Crippen LogP contribution in [0.1, 0.15) is 33.1 Å². The van der Waals surface area contributed by atoms with E-state index in [4.69, 9.17) is 16.3 Å². The molecule has 1 aromatic heterocycles. The zero-order valence-electron chi connectivity index (χ0n) is 14.1. The lowest BCUT2D eigenvalue weighted by Gasteiger charge is -2.27. The normalized spacial score (nSPS) is 14.8. The van der Waals surface area contributed by atoms with Crippen LogP contribution in [0.4, 0.5) is 17.5 Å². The van der Waals surface area contributed by atoms with Crippen molar-refractivity contribution < 1.29 is 4.74 Å². The zero-order valence-corrected chi connectivity index (χ0v) is 14.9. The lowest BCUT2D eigenvalue weighted by atomic mass is 10.1. The van der Waals surface area contributed by atoms with Crippen LogP contribution in [-0.2, 0) is 0 Å². The molecule has 2 aromatic rings. The molecule has 1 saturated heterocycles. The third-order valence-corrected chi connectivity index (χ3v) is 4.04. The van der Waals surface area contributed by atoms with Crippen LogP contribution >= 0.6 is 11.6 Å². The minimum absolute atomic E-state index is 0.159. The molecule has 128 valence electrons. The van der Waals surface area contributed by atoms with E-state index in [-0.39, 0.29) is 6.10 Å². The van der Waals surface area contributed by atoms with Crippen molar-refractivity contribution in [3.8, 4) is 5.75 Å². The first kappa shape index (κ1) is 16.8. The van der Waals surface area contributed by atoms with Crippen LogP contribution in [0.5, 0.6) is 5.75 Å². The number of piperidine rings is 1. The van der Waals surface area contributed by atoms with E-state index in [0.29, 0.717) is 11.1 Å². The second-order valence-electron chi connectivity index (χ2n) is 6.24. The fraction of sp³-hybridized carbons (Fsp3) is 0.444. The molecule has 2 heterocycles. The van der Waals surface area contributed by atoms with Crippen molar-refractivity contribution in [3.05, 3.63) is 35.5 Å². The fourth-order valence-corrected chi connectivity index (χ4v) is 2.94. The second-order valence-corrected chi connectivity index (χ2v) is 6.62. The Kier molecular flexibility index (Phi) is 5.41. The summed E-state index contributed by atoms with van der Waals surface area (Å²) in [5, 5.41) is 3.67. The first-order valence-electron chi connectivity index (χ1n) is 8.43. The highest BCUT2D eigenvalue weighted by molar-refractivity contribution is 6.29. The summed E-state index contributed by atoms with van der Waals surface area (Å²) in [5.74, 6) is 2.24. The van der Waals surface area contributed by atoms with Crippen molar-refractivity contribution in [2.24, 2.45) is 0 Å². The summed E-state index contributed by atoms with van der Waals surface area (Å²) in [6.07, 6.45) is 3.83. The molecule has 1 aliphatic rings. The Balaban J connectivity index is 1.73. The highest BCUT2D eigenvalue weighted by Crippen LogP contribution is 2.24. The molecule has 0 atom stereocenters. The van der Waals surface area contributed by atoms with E-state index in [0.717, 1.165) is 30.3 Å². The summed E-state index contributed by atoms with van der Waals surface area (Å²) in [6.45, 7) is 6.06. The van der Waals surface area contributed by atoms with Crippen molar-refractivity contribution in [2.75, 3.05) is 23.3 Å². The maximum atomic E-state index is 6.18. The van der Waals surface area contributed by atoms with Gasteiger partial charge < -0.3 is 15.0 Å². The van der Waals surface area contributed by atoms with Crippen molar-refractivity contribution in [1.82, 2.24) is 9.97 Å². The maximum Gasteiger partial charge on any atom is 0.230 e. The number of rotatable bonds is 5. The molecule has 0 amide bonds. The fourth-order valence-electron chi connectivity index (χ4n) is 2.76. The highest BCUT2D eigenvalue weighted by atomic mass is 35.5. The molecule has 3 rings (SSSR count). The molecular formula is C18H23ClN4O. The topological polar surface area (TPSA) is 50.3 Å². The van der Waals surface area contributed by atoms with Crippen molar-refractivity contribution in [1.29, 1.82) is 0 Å². The first-order chi connectivity index (χ1) is 11.6. The molecule has 0 radical (unpaired) electrons. The van der Waals surface area contributed by atoms with Gasteiger partial charge in [0.1, 0.15) is 16.7 Å². The van der Waals surface area contributed by atoms with E-state index >= 15 is 0 Å². The van der Waals surface area contributed by atoms with Gasteiger partial charge in [-0.3, -0.25) is 0 Å². The lowest BCUT2D eigenvalue weighted by molar-refractivity contribution is 0.242. The monoisotopic (exact) mass is 346 g/mol. The molecular weight excluding hydrogens is 324 g/mol. The lowest BCUT2D eigenvalue weighted by Crippen LogP contribution is -2.30. The predicted octanol–water partition coefficient (Wildman–Crippen LogP) is 4.65. The number of hydrogen-bond acceptors (Lipinski definition) is 5. The van der Waals surface area contributed by atoms with E-state index < -0.39 is 0 Å². The summed E-state index contributed by atoms with van der Waals surface area (Å²) in [4.78, 5) is 11.2. The molecule has 1 aliphatic heterocycles. The van der Waals surface area contributed by atoms with Gasteiger partial charge in [-0.2, -0.15) is 4.98 Å². The number of benzene rings is 1. The Bertz CT molecular complexity index is 669. The van der Waals surface area contributed by atoms with Gasteiger partial charge >= 0.3 is 0 Å². The summed E-state index contributed by atoms with van der Waals surface area (Å²) < 4.78 is 5.65. The molecule has 6 heteroatoms. The van der Waals surface area contributed by atoms with Crippen LogP contribution in [0.2, 0.25) is 5.15 Å². The minimum Gasteiger partial charge on any atom is -0.491 e. The molecule has 0 bridgehead atoms. The van der Waals surface area contributed by atoms with Crippen LogP contribution in [0.25, 0.3) is 0 Å². The van der Waals surface area contributed by atoms with E-state index in [1.54, 1.807) is 0 Å². The van der Waals surface area contributed by atoms with Crippen LogP contribution in [-0.4, -0.2) is 29.2 Å². The molecule has 5 nitrogen and oxygen atoms in total. The molecule has 0 spiro atoms. The van der Waals surface area contributed by atoms with Gasteiger partial charge in [-0.25, -0.2) is 4.98 Å². The number of nitrogens with one attached hydrogen (secondary N) is 1. The zero-order chi connectivity index (χ0) is 16.9. The summed E-state index contributed by atoms with van der Waals surface area (Å²) in [6, 6.07) is 9.58. The van der Waals surface area contributed by atoms with Gasteiger partial charge in [-0.1, -0.05) is 11.6 Å². The van der Waals surface area contributed by atoms with E-state index in [9.17, 15) is 0 Å². The molecule has 24 heavy (non-hydrogen) atoms. The second kappa shape index (κ2) is 7.71.